The Morgan fingerprint density at radius 2 is 2.00 bits per heavy atom. The largest absolute Gasteiger partial charge is 0.454 e. The van der Waals surface area contributed by atoms with E-state index < -0.39 is 0 Å². The van der Waals surface area contributed by atoms with E-state index in [4.69, 9.17) is 9.47 Å². The molecule has 0 spiro atoms. The van der Waals surface area contributed by atoms with Crippen LogP contribution in [0.2, 0.25) is 0 Å². The molecule has 11 heavy (non-hydrogen) atoms. The topological polar surface area (TPSA) is 18.5 Å². The summed E-state index contributed by atoms with van der Waals surface area (Å²) in [6, 6.07) is 0. The molecule has 0 aromatic heterocycles. The number of ether oxygens (including phenoxy) is 2. The highest BCUT2D eigenvalue weighted by Gasteiger charge is 2.16. The second-order valence-corrected chi connectivity index (χ2v) is 2.72. The molecule has 1 heterocycles. The zero-order valence-corrected chi connectivity index (χ0v) is 6.46. The second-order valence-electron chi connectivity index (χ2n) is 2.72. The Morgan fingerprint density at radius 1 is 1.18 bits per heavy atom. The lowest BCUT2D eigenvalue weighted by atomic mass is 10.2. The summed E-state index contributed by atoms with van der Waals surface area (Å²) >= 11 is 0. The van der Waals surface area contributed by atoms with Crippen LogP contribution in [0.3, 0.4) is 0 Å². The third-order valence-corrected chi connectivity index (χ3v) is 1.80. The molecular weight excluding hydrogens is 140 g/mol. The van der Waals surface area contributed by atoms with Crippen molar-refractivity contribution in [1.82, 2.24) is 0 Å². The number of hydrogen-bond donors (Lipinski definition) is 0. The van der Waals surface area contributed by atoms with Crippen molar-refractivity contribution in [3.63, 3.8) is 0 Å². The first kappa shape index (κ1) is 6.53. The molecule has 0 aromatic carbocycles. The van der Waals surface area contributed by atoms with Crippen LogP contribution in [0.4, 0.5) is 0 Å². The highest BCUT2D eigenvalue weighted by Crippen LogP contribution is 2.24. The molecule has 0 aromatic rings. The van der Waals surface area contributed by atoms with Crippen molar-refractivity contribution < 1.29 is 9.47 Å². The molecule has 0 bridgehead atoms. The van der Waals surface area contributed by atoms with Crippen molar-refractivity contribution in [2.45, 2.75) is 13.3 Å². The van der Waals surface area contributed by atoms with Gasteiger partial charge in [-0.15, -0.1) is 0 Å². The van der Waals surface area contributed by atoms with Crippen LogP contribution in [0.5, 0.6) is 0 Å². The molecule has 0 saturated carbocycles. The smallest absolute Gasteiger partial charge is 0.231 e. The van der Waals surface area contributed by atoms with E-state index in [0.717, 1.165) is 17.9 Å². The average molecular weight is 150 g/mol. The first-order chi connectivity index (χ1) is 5.36. The predicted molar refractivity (Wildman–Crippen MR) is 41.6 cm³/mol. The molecule has 2 aliphatic rings. The van der Waals surface area contributed by atoms with E-state index in [-0.39, 0.29) is 0 Å². The Bertz CT molecular complexity index is 259. The fraction of sp³-hybridized carbons (Fsp3) is 0.333. The fourth-order valence-corrected chi connectivity index (χ4v) is 1.13. The maximum absolute atomic E-state index is 5.22. The maximum Gasteiger partial charge on any atom is 0.231 e. The molecule has 1 saturated heterocycles. The zero-order valence-electron chi connectivity index (χ0n) is 6.46. The van der Waals surface area contributed by atoms with Crippen LogP contribution in [0.25, 0.3) is 0 Å². The third kappa shape index (κ3) is 1.16. The molecule has 1 aliphatic carbocycles. The van der Waals surface area contributed by atoms with E-state index in [1.54, 1.807) is 0 Å². The number of rotatable bonds is 0. The highest BCUT2D eigenvalue weighted by molar-refractivity contribution is 5.32. The van der Waals surface area contributed by atoms with Gasteiger partial charge in [0.1, 0.15) is 0 Å². The van der Waals surface area contributed by atoms with Crippen LogP contribution in [-0.4, -0.2) is 6.79 Å². The van der Waals surface area contributed by atoms with E-state index in [2.05, 4.69) is 19.1 Å². The number of fused-ring (bicyclic) bond motifs is 1. The molecule has 1 fully saturated rings. The highest BCUT2D eigenvalue weighted by atomic mass is 16.7. The molecule has 0 atom stereocenters. The Hall–Kier alpha value is -1.18. The summed E-state index contributed by atoms with van der Waals surface area (Å²) in [5.74, 6) is 1.75. The minimum Gasteiger partial charge on any atom is -0.454 e. The van der Waals surface area contributed by atoms with Crippen LogP contribution in [0, 0.1) is 0 Å². The van der Waals surface area contributed by atoms with Gasteiger partial charge >= 0.3 is 0 Å². The number of allylic oxidation sites excluding steroid dienone is 4. The van der Waals surface area contributed by atoms with Crippen molar-refractivity contribution in [3.05, 3.63) is 35.3 Å². The Labute approximate surface area is 65.8 Å². The van der Waals surface area contributed by atoms with Crippen molar-refractivity contribution in [2.24, 2.45) is 0 Å². The van der Waals surface area contributed by atoms with Crippen LogP contribution in [0.15, 0.2) is 35.3 Å². The van der Waals surface area contributed by atoms with E-state index in [1.165, 1.54) is 5.57 Å². The molecule has 0 amide bonds. The van der Waals surface area contributed by atoms with Crippen molar-refractivity contribution in [1.29, 1.82) is 0 Å². The first-order valence-corrected chi connectivity index (χ1v) is 3.70. The molecule has 0 unspecified atom stereocenters. The molecular formula is C9H10O2. The summed E-state index contributed by atoms with van der Waals surface area (Å²) in [5.41, 5.74) is 1.33. The quantitative estimate of drug-likeness (QED) is 0.526. The van der Waals surface area contributed by atoms with Gasteiger partial charge in [-0.05, 0) is 25.5 Å². The van der Waals surface area contributed by atoms with Crippen molar-refractivity contribution >= 4 is 0 Å². The van der Waals surface area contributed by atoms with Gasteiger partial charge in [-0.2, -0.15) is 0 Å². The Kier molecular flexibility index (Phi) is 1.46. The Balaban J connectivity index is 2.33. The van der Waals surface area contributed by atoms with E-state index in [0.29, 0.717) is 6.79 Å². The van der Waals surface area contributed by atoms with Crippen LogP contribution in [0.1, 0.15) is 13.3 Å². The first-order valence-electron chi connectivity index (χ1n) is 3.70. The van der Waals surface area contributed by atoms with Gasteiger partial charge in [0.15, 0.2) is 11.5 Å². The molecule has 0 N–H and O–H groups in total. The molecule has 58 valence electrons. The van der Waals surface area contributed by atoms with Crippen molar-refractivity contribution in [3.8, 4) is 0 Å². The average Bonchev–Trinajstić information content (AvgIpc) is 2.38. The summed E-state index contributed by atoms with van der Waals surface area (Å²) in [5, 5.41) is 0. The lowest BCUT2D eigenvalue weighted by molar-refractivity contribution is 0.0974. The summed E-state index contributed by atoms with van der Waals surface area (Å²) in [4.78, 5) is 0. The van der Waals surface area contributed by atoms with Gasteiger partial charge in [-0.3, -0.25) is 0 Å². The van der Waals surface area contributed by atoms with Crippen LogP contribution >= 0.6 is 0 Å². The second kappa shape index (κ2) is 2.46. The standard InChI is InChI=1S/C9H10O2/c1-7-2-4-8-9(5-3-7)11-6-10-8/h2,4-5H,3,6H2,1H3. The van der Waals surface area contributed by atoms with Gasteiger partial charge in [0.05, 0.1) is 0 Å². The minimum atomic E-state index is 0.366. The molecule has 1 aliphatic heterocycles. The fourth-order valence-electron chi connectivity index (χ4n) is 1.13. The third-order valence-electron chi connectivity index (χ3n) is 1.80. The summed E-state index contributed by atoms with van der Waals surface area (Å²) in [6.07, 6.45) is 7.03. The maximum atomic E-state index is 5.22. The van der Waals surface area contributed by atoms with Gasteiger partial charge in [0.2, 0.25) is 6.79 Å². The van der Waals surface area contributed by atoms with E-state index >= 15 is 0 Å². The minimum absolute atomic E-state index is 0.366. The van der Waals surface area contributed by atoms with Gasteiger partial charge in [0.25, 0.3) is 0 Å². The lowest BCUT2D eigenvalue weighted by Crippen LogP contribution is -1.79. The molecule has 0 radical (unpaired) electrons. The molecule has 2 heteroatoms. The van der Waals surface area contributed by atoms with Crippen LogP contribution in [-0.2, 0) is 9.47 Å². The van der Waals surface area contributed by atoms with Gasteiger partial charge in [-0.1, -0.05) is 11.6 Å². The van der Waals surface area contributed by atoms with Gasteiger partial charge in [0, 0.05) is 0 Å². The lowest BCUT2D eigenvalue weighted by Gasteiger charge is -1.92. The summed E-state index contributed by atoms with van der Waals surface area (Å²) in [6.45, 7) is 2.46. The van der Waals surface area contributed by atoms with E-state index in [1.807, 2.05) is 6.08 Å². The van der Waals surface area contributed by atoms with E-state index in [9.17, 15) is 0 Å². The SMILES string of the molecule is CC1=CC=C2OCOC2=CC1. The predicted octanol–water partition coefficient (Wildman–Crippen LogP) is 2.11. The summed E-state index contributed by atoms with van der Waals surface area (Å²) in [7, 11) is 0. The van der Waals surface area contributed by atoms with Gasteiger partial charge < -0.3 is 9.47 Å². The monoisotopic (exact) mass is 150 g/mol. The van der Waals surface area contributed by atoms with Crippen molar-refractivity contribution in [2.75, 3.05) is 6.79 Å². The number of hydrogen-bond acceptors (Lipinski definition) is 2. The molecule has 2 nitrogen and oxygen atoms in total. The van der Waals surface area contributed by atoms with Gasteiger partial charge in [-0.25, -0.2) is 0 Å². The molecule has 2 rings (SSSR count). The van der Waals surface area contributed by atoms with Crippen LogP contribution < -0.4 is 0 Å². The zero-order chi connectivity index (χ0) is 7.68. The summed E-state index contributed by atoms with van der Waals surface area (Å²) < 4.78 is 10.4. The normalized spacial score (nSPS) is 21.7. The Morgan fingerprint density at radius 3 is 2.91 bits per heavy atom.